The lowest BCUT2D eigenvalue weighted by Gasteiger charge is -2.28. The van der Waals surface area contributed by atoms with Gasteiger partial charge in [0.15, 0.2) is 29.6 Å². The summed E-state index contributed by atoms with van der Waals surface area (Å²) in [6.07, 6.45) is 1.45. The summed E-state index contributed by atoms with van der Waals surface area (Å²) < 4.78 is 28.4. The van der Waals surface area contributed by atoms with E-state index < -0.39 is 23.9 Å². The highest BCUT2D eigenvalue weighted by Crippen LogP contribution is 2.37. The Morgan fingerprint density at radius 2 is 1.80 bits per heavy atom. The molecule has 0 radical (unpaired) electrons. The molecule has 0 spiro atoms. The summed E-state index contributed by atoms with van der Waals surface area (Å²) in [4.78, 5) is 37.3. The molecule has 1 aliphatic heterocycles. The maximum absolute atomic E-state index is 12.6. The van der Waals surface area contributed by atoms with Crippen molar-refractivity contribution >= 4 is 51.7 Å². The first-order valence-corrected chi connectivity index (χ1v) is 15.1. The topological polar surface area (TPSA) is 146 Å². The number of hydrazone groups is 1. The molecule has 3 aromatic carbocycles. The molecule has 242 valence electrons. The fourth-order valence-corrected chi connectivity index (χ4v) is 5.24. The van der Waals surface area contributed by atoms with Gasteiger partial charge in [-0.25, -0.2) is 15.0 Å². The first kappa shape index (κ1) is 34.1. The number of ether oxygens (including phenoxy) is 5. The van der Waals surface area contributed by atoms with Crippen LogP contribution in [0.4, 0.5) is 4.79 Å². The lowest BCUT2D eigenvalue weighted by Crippen LogP contribution is -2.45. The van der Waals surface area contributed by atoms with Crippen molar-refractivity contribution in [3.05, 3.63) is 92.1 Å². The molecule has 1 heterocycles. The van der Waals surface area contributed by atoms with Crippen LogP contribution in [0.3, 0.4) is 0 Å². The van der Waals surface area contributed by atoms with Crippen LogP contribution in [-0.2, 0) is 20.9 Å². The van der Waals surface area contributed by atoms with E-state index in [9.17, 15) is 14.4 Å². The van der Waals surface area contributed by atoms with Gasteiger partial charge in [-0.05, 0) is 71.2 Å². The van der Waals surface area contributed by atoms with Crippen LogP contribution >= 0.6 is 27.5 Å². The first-order chi connectivity index (χ1) is 22.1. The molecular weight excluding hydrogens is 684 g/mol. The van der Waals surface area contributed by atoms with Gasteiger partial charge in [0.1, 0.15) is 6.61 Å². The number of methoxy groups -OCH3 is 2. The highest BCUT2D eigenvalue weighted by Gasteiger charge is 2.32. The molecule has 0 aromatic heterocycles. The van der Waals surface area contributed by atoms with Crippen molar-refractivity contribution in [2.75, 3.05) is 27.4 Å². The number of rotatable bonds is 13. The molecule has 3 amide bonds. The van der Waals surface area contributed by atoms with Crippen LogP contribution in [0, 0.1) is 0 Å². The number of nitrogens with one attached hydrogen (secondary N) is 3. The maximum Gasteiger partial charge on any atom is 0.338 e. The van der Waals surface area contributed by atoms with E-state index >= 15 is 0 Å². The summed E-state index contributed by atoms with van der Waals surface area (Å²) >= 11 is 9.73. The van der Waals surface area contributed by atoms with Gasteiger partial charge in [0.05, 0.1) is 43.1 Å². The molecule has 0 unspecified atom stereocenters. The maximum atomic E-state index is 12.6. The Labute approximate surface area is 279 Å². The minimum absolute atomic E-state index is 0.177. The largest absolute Gasteiger partial charge is 0.493 e. The summed E-state index contributed by atoms with van der Waals surface area (Å²) in [5.41, 5.74) is 5.07. The molecule has 1 aliphatic rings. The molecule has 3 aromatic rings. The lowest BCUT2D eigenvalue weighted by atomic mass is 9.95. The second-order valence-corrected chi connectivity index (χ2v) is 11.0. The van der Waals surface area contributed by atoms with Gasteiger partial charge in [-0.1, -0.05) is 35.9 Å². The number of carbonyl (C=O) groups is 3. The first-order valence-electron chi connectivity index (χ1n) is 14.0. The van der Waals surface area contributed by atoms with Crippen LogP contribution in [0.25, 0.3) is 0 Å². The van der Waals surface area contributed by atoms with E-state index in [0.717, 1.165) is 5.56 Å². The van der Waals surface area contributed by atoms with Crippen molar-refractivity contribution in [1.82, 2.24) is 16.1 Å². The van der Waals surface area contributed by atoms with E-state index in [1.54, 1.807) is 50.2 Å². The van der Waals surface area contributed by atoms with Gasteiger partial charge >= 0.3 is 12.0 Å². The molecule has 46 heavy (non-hydrogen) atoms. The highest BCUT2D eigenvalue weighted by atomic mass is 79.9. The minimum atomic E-state index is -0.782. The number of allylic oxidation sites excluding steroid dienone is 1. The quantitative estimate of drug-likeness (QED) is 0.121. The smallest absolute Gasteiger partial charge is 0.338 e. The molecule has 0 bridgehead atoms. The molecular formula is C32H32BrClN4O8. The molecule has 12 nitrogen and oxygen atoms in total. The van der Waals surface area contributed by atoms with Gasteiger partial charge in [0, 0.05) is 16.3 Å². The van der Waals surface area contributed by atoms with Gasteiger partial charge in [-0.15, -0.1) is 0 Å². The van der Waals surface area contributed by atoms with E-state index in [4.69, 9.17) is 35.3 Å². The summed E-state index contributed by atoms with van der Waals surface area (Å²) in [5.74, 6) is 0.417. The Hall–Kier alpha value is -4.75. The SMILES string of the molecule is CCOC(=O)C1=C(C)NC(=O)N[C@H]1c1ccc(OCC(=O)N/N=C/c2cc(Br)c(OCc3ccccc3Cl)c(OC)c2)c(OC)c1. The van der Waals surface area contributed by atoms with Gasteiger partial charge in [0.25, 0.3) is 5.91 Å². The third-order valence-electron chi connectivity index (χ3n) is 6.63. The van der Waals surface area contributed by atoms with Crippen LogP contribution in [0.15, 0.2) is 75.4 Å². The highest BCUT2D eigenvalue weighted by molar-refractivity contribution is 9.10. The van der Waals surface area contributed by atoms with E-state index in [2.05, 4.69) is 37.1 Å². The van der Waals surface area contributed by atoms with Crippen LogP contribution < -0.4 is 35.0 Å². The molecule has 14 heteroatoms. The summed E-state index contributed by atoms with van der Waals surface area (Å²) in [5, 5.41) is 9.93. The Balaban J connectivity index is 1.38. The van der Waals surface area contributed by atoms with Crippen molar-refractivity contribution in [3.8, 4) is 23.0 Å². The number of hydrogen-bond acceptors (Lipinski definition) is 9. The normalized spacial score (nSPS) is 14.3. The molecule has 3 N–H and O–H groups in total. The zero-order chi connectivity index (χ0) is 33.2. The summed E-state index contributed by atoms with van der Waals surface area (Å²) in [6, 6.07) is 14.5. The van der Waals surface area contributed by atoms with Gasteiger partial charge in [-0.3, -0.25) is 4.79 Å². The van der Waals surface area contributed by atoms with Crippen molar-refractivity contribution in [2.24, 2.45) is 5.10 Å². The number of benzene rings is 3. The minimum Gasteiger partial charge on any atom is -0.493 e. The van der Waals surface area contributed by atoms with Crippen LogP contribution in [0.5, 0.6) is 23.0 Å². The fourth-order valence-electron chi connectivity index (χ4n) is 4.48. The molecule has 0 saturated carbocycles. The van der Waals surface area contributed by atoms with Crippen LogP contribution in [0.2, 0.25) is 5.02 Å². The monoisotopic (exact) mass is 714 g/mol. The number of amides is 3. The van der Waals surface area contributed by atoms with E-state index in [1.165, 1.54) is 20.4 Å². The van der Waals surface area contributed by atoms with Gasteiger partial charge in [-0.2, -0.15) is 5.10 Å². The van der Waals surface area contributed by atoms with Crippen LogP contribution in [-0.4, -0.2) is 51.6 Å². The molecule has 0 aliphatic carbocycles. The second-order valence-electron chi connectivity index (χ2n) is 9.70. The average Bonchev–Trinajstić information content (AvgIpc) is 3.03. The third-order valence-corrected chi connectivity index (χ3v) is 7.59. The van der Waals surface area contributed by atoms with E-state index in [0.29, 0.717) is 37.8 Å². The number of urea groups is 1. The van der Waals surface area contributed by atoms with Crippen molar-refractivity contribution < 1.29 is 38.1 Å². The van der Waals surface area contributed by atoms with Crippen molar-refractivity contribution in [1.29, 1.82) is 0 Å². The van der Waals surface area contributed by atoms with Gasteiger partial charge in [0.2, 0.25) is 0 Å². The van der Waals surface area contributed by atoms with Gasteiger partial charge < -0.3 is 34.3 Å². The van der Waals surface area contributed by atoms with E-state index in [1.807, 2.05) is 18.2 Å². The summed E-state index contributed by atoms with van der Waals surface area (Å²) in [7, 11) is 2.95. The molecule has 0 saturated heterocycles. The molecule has 1 atom stereocenters. The fraction of sp³-hybridized carbons (Fsp3) is 0.250. The van der Waals surface area contributed by atoms with Crippen LogP contribution in [0.1, 0.15) is 36.6 Å². The Morgan fingerprint density at radius 3 is 2.52 bits per heavy atom. The Kier molecular flexibility index (Phi) is 11.9. The van der Waals surface area contributed by atoms with Crippen molar-refractivity contribution in [2.45, 2.75) is 26.5 Å². The Morgan fingerprint density at radius 1 is 1.04 bits per heavy atom. The number of hydrogen-bond donors (Lipinski definition) is 3. The predicted molar refractivity (Wildman–Crippen MR) is 174 cm³/mol. The van der Waals surface area contributed by atoms with E-state index in [-0.39, 0.29) is 36.9 Å². The van der Waals surface area contributed by atoms with Crippen molar-refractivity contribution in [3.63, 3.8) is 0 Å². The predicted octanol–water partition coefficient (Wildman–Crippen LogP) is 5.42. The molecule has 4 rings (SSSR count). The lowest BCUT2D eigenvalue weighted by molar-refractivity contribution is -0.139. The second kappa shape index (κ2) is 16.0. The number of carbonyl (C=O) groups excluding carboxylic acids is 3. The zero-order valence-electron chi connectivity index (χ0n) is 25.4. The Bertz CT molecular complexity index is 1680. The zero-order valence-corrected chi connectivity index (χ0v) is 27.8. The average molecular weight is 716 g/mol. The standard InChI is InChI=1S/C32H32BrClN4O8/c1-5-44-31(40)28-18(2)36-32(41)37-29(28)20-10-11-24(25(14-20)42-3)45-17-27(39)38-35-15-19-12-22(33)30(26(13-19)43-4)46-16-21-8-6-7-9-23(21)34/h6-15,29H,5,16-17H2,1-4H3,(H,38,39)(H2,36,37,41)/b35-15+/t29-/m0/s1. The summed E-state index contributed by atoms with van der Waals surface area (Å²) in [6.45, 7) is 3.37. The third kappa shape index (κ3) is 8.49. The molecule has 0 fully saturated rings. The number of nitrogens with zero attached hydrogens (tertiary/aromatic N) is 1. The number of esters is 1. The number of halogens is 2.